The molecule has 142 valence electrons. The number of aryl methyl sites for hydroxylation is 1. The molecule has 0 spiro atoms. The van der Waals surface area contributed by atoms with Crippen molar-refractivity contribution >= 4 is 17.3 Å². The number of nitrogens with one attached hydrogen (secondary N) is 2. The average Bonchev–Trinajstić information content (AvgIpc) is 3.39. The highest BCUT2D eigenvalue weighted by Gasteiger charge is 2.16. The normalized spacial score (nSPS) is 18.8. The molecule has 0 aliphatic carbocycles. The fraction of sp³-hybridized carbons (Fsp3) is 0.579. The molecule has 1 aliphatic heterocycles. The highest BCUT2D eigenvalue weighted by molar-refractivity contribution is 7.11. The van der Waals surface area contributed by atoms with E-state index in [2.05, 4.69) is 29.5 Å². The molecular formula is C19H28N4O2S. The number of guanidine groups is 1. The van der Waals surface area contributed by atoms with Crippen LogP contribution in [0.3, 0.4) is 0 Å². The van der Waals surface area contributed by atoms with Gasteiger partial charge in [-0.15, -0.1) is 11.3 Å². The first kappa shape index (κ1) is 18.9. The van der Waals surface area contributed by atoms with Gasteiger partial charge in [0.2, 0.25) is 0 Å². The predicted molar refractivity (Wildman–Crippen MR) is 105 cm³/mol. The van der Waals surface area contributed by atoms with Crippen LogP contribution >= 0.6 is 11.3 Å². The molecule has 1 fully saturated rings. The Hall–Kier alpha value is -1.86. The molecule has 2 unspecified atom stereocenters. The number of rotatable bonds is 8. The highest BCUT2D eigenvalue weighted by Crippen LogP contribution is 2.21. The summed E-state index contributed by atoms with van der Waals surface area (Å²) >= 11 is 1.74. The van der Waals surface area contributed by atoms with Gasteiger partial charge >= 0.3 is 0 Å². The van der Waals surface area contributed by atoms with Crippen molar-refractivity contribution in [3.63, 3.8) is 0 Å². The number of thiazole rings is 1. The van der Waals surface area contributed by atoms with Crippen molar-refractivity contribution in [2.75, 3.05) is 26.2 Å². The minimum atomic E-state index is 0.283. The van der Waals surface area contributed by atoms with Gasteiger partial charge in [0.25, 0.3) is 0 Å². The Labute approximate surface area is 159 Å². The van der Waals surface area contributed by atoms with Gasteiger partial charge in [-0.05, 0) is 31.9 Å². The van der Waals surface area contributed by atoms with Gasteiger partial charge < -0.3 is 19.8 Å². The van der Waals surface area contributed by atoms with E-state index in [1.165, 1.54) is 4.88 Å². The van der Waals surface area contributed by atoms with E-state index >= 15 is 0 Å². The summed E-state index contributed by atoms with van der Waals surface area (Å²) in [6, 6.07) is 3.91. The van der Waals surface area contributed by atoms with Gasteiger partial charge in [-0.1, -0.05) is 6.92 Å². The first-order valence-corrected chi connectivity index (χ1v) is 10.1. The average molecular weight is 377 g/mol. The maximum absolute atomic E-state index is 5.70. The zero-order valence-electron chi connectivity index (χ0n) is 15.5. The fourth-order valence-corrected chi connectivity index (χ4v) is 3.67. The van der Waals surface area contributed by atoms with Crippen LogP contribution in [0.15, 0.2) is 34.0 Å². The highest BCUT2D eigenvalue weighted by atomic mass is 32.1. The number of hydrogen-bond donors (Lipinski definition) is 2. The van der Waals surface area contributed by atoms with Crippen LogP contribution in [0.25, 0.3) is 0 Å². The minimum Gasteiger partial charge on any atom is -0.469 e. The molecule has 2 N–H and O–H groups in total. The number of ether oxygens (including phenoxy) is 1. The van der Waals surface area contributed by atoms with Crippen LogP contribution in [-0.4, -0.2) is 43.3 Å². The third-order valence-electron chi connectivity index (χ3n) is 4.35. The molecule has 2 aromatic rings. The van der Waals surface area contributed by atoms with Crippen LogP contribution in [0.5, 0.6) is 0 Å². The molecule has 6 nitrogen and oxygen atoms in total. The Kier molecular flexibility index (Phi) is 7.08. The molecule has 2 atom stereocenters. The Bertz CT molecular complexity index is 678. The van der Waals surface area contributed by atoms with Crippen LogP contribution in [-0.2, 0) is 11.2 Å². The number of aliphatic imine (C=N–C) groups is 1. The first-order chi connectivity index (χ1) is 12.7. The van der Waals surface area contributed by atoms with Gasteiger partial charge in [-0.25, -0.2) is 4.98 Å². The van der Waals surface area contributed by atoms with Crippen LogP contribution in [0.4, 0.5) is 0 Å². The molecule has 0 bridgehead atoms. The molecule has 1 saturated heterocycles. The largest absolute Gasteiger partial charge is 0.469 e. The van der Waals surface area contributed by atoms with Crippen molar-refractivity contribution in [2.45, 2.75) is 45.1 Å². The Balaban J connectivity index is 1.52. The molecule has 0 amide bonds. The standard InChI is InChI=1S/C19H28N4O2S/c1-14(18-21-12-15(2)26-18)11-22-19(23-13-17-6-4-10-25-17)20-8-7-16-5-3-9-24-16/h3,5,9,12,14,17H,4,6-8,10-11,13H2,1-2H3,(H2,20,22,23). The number of furan rings is 1. The third kappa shape index (κ3) is 5.85. The van der Waals surface area contributed by atoms with Gasteiger partial charge in [0.1, 0.15) is 5.76 Å². The predicted octanol–water partition coefficient (Wildman–Crippen LogP) is 3.10. The molecular weight excluding hydrogens is 348 g/mol. The van der Waals surface area contributed by atoms with Gasteiger partial charge in [-0.3, -0.25) is 4.99 Å². The summed E-state index contributed by atoms with van der Waals surface area (Å²) in [6.45, 7) is 7.39. The van der Waals surface area contributed by atoms with Crippen molar-refractivity contribution in [3.05, 3.63) is 40.2 Å². The van der Waals surface area contributed by atoms with E-state index in [1.54, 1.807) is 17.6 Å². The molecule has 1 aliphatic rings. The smallest absolute Gasteiger partial charge is 0.191 e. The van der Waals surface area contributed by atoms with Crippen molar-refractivity contribution in [1.82, 2.24) is 15.6 Å². The second kappa shape index (κ2) is 9.73. The van der Waals surface area contributed by atoms with E-state index < -0.39 is 0 Å². The van der Waals surface area contributed by atoms with E-state index in [4.69, 9.17) is 14.1 Å². The lowest BCUT2D eigenvalue weighted by molar-refractivity contribution is 0.114. The van der Waals surface area contributed by atoms with Crippen molar-refractivity contribution in [3.8, 4) is 0 Å². The summed E-state index contributed by atoms with van der Waals surface area (Å²) < 4.78 is 11.1. The van der Waals surface area contributed by atoms with E-state index in [0.717, 1.165) is 55.7 Å². The fourth-order valence-electron chi connectivity index (χ4n) is 2.86. The summed E-state index contributed by atoms with van der Waals surface area (Å²) in [6.07, 6.45) is 7.00. The van der Waals surface area contributed by atoms with E-state index in [9.17, 15) is 0 Å². The lowest BCUT2D eigenvalue weighted by atomic mass is 10.2. The molecule has 2 aromatic heterocycles. The minimum absolute atomic E-state index is 0.283. The van der Waals surface area contributed by atoms with E-state index in [0.29, 0.717) is 12.5 Å². The molecule has 7 heteroatoms. The van der Waals surface area contributed by atoms with Crippen LogP contribution in [0.1, 0.15) is 41.3 Å². The van der Waals surface area contributed by atoms with Crippen molar-refractivity contribution in [2.24, 2.45) is 4.99 Å². The summed E-state index contributed by atoms with van der Waals surface area (Å²) in [4.78, 5) is 10.5. The topological polar surface area (TPSA) is 71.7 Å². The maximum Gasteiger partial charge on any atom is 0.191 e. The second-order valence-electron chi connectivity index (χ2n) is 6.67. The SMILES string of the molecule is Cc1cnc(C(C)CN=C(NCCc2ccco2)NCC2CCCO2)s1. The summed E-state index contributed by atoms with van der Waals surface area (Å²) in [5.74, 6) is 2.11. The van der Waals surface area contributed by atoms with Crippen LogP contribution in [0.2, 0.25) is 0 Å². The van der Waals surface area contributed by atoms with Gasteiger partial charge in [-0.2, -0.15) is 0 Å². The third-order valence-corrected chi connectivity index (χ3v) is 5.49. The first-order valence-electron chi connectivity index (χ1n) is 9.29. The van der Waals surface area contributed by atoms with Crippen LogP contribution < -0.4 is 10.6 Å². The summed E-state index contributed by atoms with van der Waals surface area (Å²) in [5, 5.41) is 7.96. The lowest BCUT2D eigenvalue weighted by Crippen LogP contribution is -2.42. The quantitative estimate of drug-likeness (QED) is 0.547. The maximum atomic E-state index is 5.70. The number of aromatic nitrogens is 1. The molecule has 3 rings (SSSR count). The monoisotopic (exact) mass is 376 g/mol. The number of nitrogens with zero attached hydrogens (tertiary/aromatic N) is 2. The Morgan fingerprint density at radius 1 is 1.46 bits per heavy atom. The summed E-state index contributed by atoms with van der Waals surface area (Å²) in [5.41, 5.74) is 0. The molecule has 3 heterocycles. The zero-order chi connectivity index (χ0) is 18.2. The Morgan fingerprint density at radius 3 is 3.08 bits per heavy atom. The van der Waals surface area contributed by atoms with Gasteiger partial charge in [0.15, 0.2) is 5.96 Å². The molecule has 0 saturated carbocycles. The van der Waals surface area contributed by atoms with Gasteiger partial charge in [0.05, 0.1) is 23.9 Å². The molecule has 0 radical (unpaired) electrons. The molecule has 26 heavy (non-hydrogen) atoms. The number of hydrogen-bond acceptors (Lipinski definition) is 5. The van der Waals surface area contributed by atoms with Crippen molar-refractivity contribution < 1.29 is 9.15 Å². The van der Waals surface area contributed by atoms with Crippen LogP contribution in [0, 0.1) is 6.92 Å². The van der Waals surface area contributed by atoms with E-state index in [-0.39, 0.29) is 6.10 Å². The lowest BCUT2D eigenvalue weighted by Gasteiger charge is -2.16. The Morgan fingerprint density at radius 2 is 2.38 bits per heavy atom. The van der Waals surface area contributed by atoms with Crippen molar-refractivity contribution in [1.29, 1.82) is 0 Å². The van der Waals surface area contributed by atoms with Gasteiger partial charge in [0, 0.05) is 43.1 Å². The van der Waals surface area contributed by atoms with E-state index in [1.807, 2.05) is 18.3 Å². The second-order valence-corrected chi connectivity index (χ2v) is 7.94. The summed E-state index contributed by atoms with van der Waals surface area (Å²) in [7, 11) is 0. The zero-order valence-corrected chi connectivity index (χ0v) is 16.3. The molecule has 0 aromatic carbocycles.